The van der Waals surface area contributed by atoms with Gasteiger partial charge in [-0.05, 0) is 57.8 Å². The number of nitrogens with one attached hydrogen (secondary N) is 1. The Morgan fingerprint density at radius 3 is 2.59 bits per heavy atom. The van der Waals surface area contributed by atoms with Crippen LogP contribution in [0.2, 0.25) is 0 Å². The highest BCUT2D eigenvalue weighted by Gasteiger charge is 2.54. The van der Waals surface area contributed by atoms with E-state index in [0.717, 1.165) is 57.4 Å². The Kier molecular flexibility index (Phi) is 5.67. The average Bonchev–Trinajstić information content (AvgIpc) is 3.32. The van der Waals surface area contributed by atoms with Crippen LogP contribution in [-0.4, -0.2) is 79.6 Å². The first-order valence-corrected chi connectivity index (χ1v) is 10.7. The third-order valence-electron chi connectivity index (χ3n) is 7.01. The maximum atomic E-state index is 13.5. The molecule has 0 saturated carbocycles. The SMILES string of the molecule is COc1cccc(NC(=O)N2CC[C@H]3N(C)CC[C@@]3(C(=O)N3CCCC3)CC2)c1. The minimum atomic E-state index is -0.343. The molecule has 0 radical (unpaired) electrons. The summed E-state index contributed by atoms with van der Waals surface area (Å²) in [6, 6.07) is 7.50. The standard InChI is InChI=1S/C22H32N4O3/c1-24-14-9-22(20(27)25-11-3-4-12-25)10-15-26(13-8-19(22)24)21(28)23-17-6-5-7-18(16-17)29-2/h5-7,16,19H,3-4,8-15H2,1-2H3,(H,23,28)/t19-,22-/m1/s1. The first kappa shape index (κ1) is 20.0. The summed E-state index contributed by atoms with van der Waals surface area (Å²) in [6.07, 6.45) is 4.69. The third-order valence-corrected chi connectivity index (χ3v) is 7.01. The topological polar surface area (TPSA) is 65.1 Å². The number of benzene rings is 1. The minimum Gasteiger partial charge on any atom is -0.497 e. The number of nitrogens with zero attached hydrogens (tertiary/aromatic N) is 3. The number of anilines is 1. The number of rotatable bonds is 3. The van der Waals surface area contributed by atoms with E-state index in [0.29, 0.717) is 24.7 Å². The van der Waals surface area contributed by atoms with Crippen molar-refractivity contribution in [3.05, 3.63) is 24.3 Å². The number of carbonyl (C=O) groups excluding carboxylic acids is 2. The van der Waals surface area contributed by atoms with Crippen molar-refractivity contribution >= 4 is 17.6 Å². The molecule has 3 saturated heterocycles. The van der Waals surface area contributed by atoms with E-state index in [1.165, 1.54) is 0 Å². The summed E-state index contributed by atoms with van der Waals surface area (Å²) in [6.45, 7) is 4.01. The van der Waals surface area contributed by atoms with Crippen LogP contribution in [0.25, 0.3) is 0 Å². The molecule has 1 aromatic rings. The van der Waals surface area contributed by atoms with Crippen LogP contribution >= 0.6 is 0 Å². The van der Waals surface area contributed by atoms with Crippen molar-refractivity contribution in [3.63, 3.8) is 0 Å². The lowest BCUT2D eigenvalue weighted by Crippen LogP contribution is -2.49. The fourth-order valence-electron chi connectivity index (χ4n) is 5.33. The van der Waals surface area contributed by atoms with Gasteiger partial charge in [-0.1, -0.05) is 6.07 Å². The van der Waals surface area contributed by atoms with E-state index in [9.17, 15) is 9.59 Å². The van der Waals surface area contributed by atoms with Gasteiger partial charge in [-0.25, -0.2) is 4.79 Å². The molecule has 0 aliphatic carbocycles. The van der Waals surface area contributed by atoms with Gasteiger partial charge >= 0.3 is 6.03 Å². The summed E-state index contributed by atoms with van der Waals surface area (Å²) in [5.41, 5.74) is 0.378. The molecule has 7 nitrogen and oxygen atoms in total. The summed E-state index contributed by atoms with van der Waals surface area (Å²) in [5.74, 6) is 1.03. The van der Waals surface area contributed by atoms with Gasteiger partial charge in [-0.2, -0.15) is 0 Å². The number of hydrogen-bond acceptors (Lipinski definition) is 4. The van der Waals surface area contributed by atoms with Crippen molar-refractivity contribution in [1.82, 2.24) is 14.7 Å². The van der Waals surface area contributed by atoms with Gasteiger partial charge in [0.25, 0.3) is 0 Å². The number of amides is 3. The Labute approximate surface area is 173 Å². The van der Waals surface area contributed by atoms with Gasteiger partial charge in [-0.15, -0.1) is 0 Å². The molecule has 0 spiro atoms. The molecule has 1 aromatic carbocycles. The van der Waals surface area contributed by atoms with E-state index in [1.807, 2.05) is 29.2 Å². The van der Waals surface area contributed by atoms with E-state index < -0.39 is 0 Å². The zero-order valence-electron chi connectivity index (χ0n) is 17.5. The van der Waals surface area contributed by atoms with Crippen LogP contribution in [0.1, 0.15) is 32.1 Å². The summed E-state index contributed by atoms with van der Waals surface area (Å²) in [7, 11) is 3.73. The molecule has 2 atom stereocenters. The Bertz CT molecular complexity index is 764. The Balaban J connectivity index is 1.48. The highest BCUT2D eigenvalue weighted by Crippen LogP contribution is 2.45. The highest BCUT2D eigenvalue weighted by molar-refractivity contribution is 5.90. The number of methoxy groups -OCH3 is 1. The van der Waals surface area contributed by atoms with Crippen LogP contribution in [0.3, 0.4) is 0 Å². The smallest absolute Gasteiger partial charge is 0.321 e. The second-order valence-corrected chi connectivity index (χ2v) is 8.59. The minimum absolute atomic E-state index is 0.107. The lowest BCUT2D eigenvalue weighted by molar-refractivity contribution is -0.142. The monoisotopic (exact) mass is 400 g/mol. The van der Waals surface area contributed by atoms with Crippen LogP contribution in [0, 0.1) is 5.41 Å². The molecule has 7 heteroatoms. The van der Waals surface area contributed by atoms with Crippen molar-refractivity contribution in [3.8, 4) is 5.75 Å². The Hall–Kier alpha value is -2.28. The summed E-state index contributed by atoms with van der Waals surface area (Å²) >= 11 is 0. The normalized spacial score (nSPS) is 27.4. The number of ether oxygens (including phenoxy) is 1. The average molecular weight is 401 g/mol. The molecular weight excluding hydrogens is 368 g/mol. The largest absolute Gasteiger partial charge is 0.497 e. The quantitative estimate of drug-likeness (QED) is 0.847. The maximum absolute atomic E-state index is 13.5. The third kappa shape index (κ3) is 3.80. The van der Waals surface area contributed by atoms with Crippen molar-refractivity contribution in [2.75, 3.05) is 52.2 Å². The zero-order valence-corrected chi connectivity index (χ0v) is 17.5. The maximum Gasteiger partial charge on any atom is 0.321 e. The molecule has 3 heterocycles. The molecule has 3 aliphatic rings. The van der Waals surface area contributed by atoms with Crippen molar-refractivity contribution in [1.29, 1.82) is 0 Å². The van der Waals surface area contributed by atoms with Gasteiger partial charge in [0.15, 0.2) is 0 Å². The second-order valence-electron chi connectivity index (χ2n) is 8.59. The van der Waals surface area contributed by atoms with Crippen LogP contribution < -0.4 is 10.1 Å². The molecule has 158 valence electrons. The molecule has 3 amide bonds. The fourth-order valence-corrected chi connectivity index (χ4v) is 5.33. The van der Waals surface area contributed by atoms with Crippen LogP contribution in [0.15, 0.2) is 24.3 Å². The van der Waals surface area contributed by atoms with Gasteiger partial charge in [-0.3, -0.25) is 4.79 Å². The first-order chi connectivity index (χ1) is 14.0. The van der Waals surface area contributed by atoms with Gasteiger partial charge in [0.1, 0.15) is 5.75 Å². The highest BCUT2D eigenvalue weighted by atomic mass is 16.5. The first-order valence-electron chi connectivity index (χ1n) is 10.7. The molecule has 29 heavy (non-hydrogen) atoms. The summed E-state index contributed by atoms with van der Waals surface area (Å²) in [5, 5.41) is 2.99. The van der Waals surface area contributed by atoms with Gasteiger partial charge in [0.05, 0.1) is 12.5 Å². The number of likely N-dealkylation sites (tertiary alicyclic amines) is 3. The summed E-state index contributed by atoms with van der Waals surface area (Å²) in [4.78, 5) is 32.7. The van der Waals surface area contributed by atoms with Gasteiger partial charge < -0.3 is 24.8 Å². The molecule has 3 fully saturated rings. The lowest BCUT2D eigenvalue weighted by atomic mass is 9.75. The van der Waals surface area contributed by atoms with Crippen LogP contribution in [-0.2, 0) is 4.79 Å². The second kappa shape index (κ2) is 8.22. The van der Waals surface area contributed by atoms with Crippen molar-refractivity contribution in [2.24, 2.45) is 5.41 Å². The van der Waals surface area contributed by atoms with Crippen molar-refractivity contribution in [2.45, 2.75) is 38.1 Å². The molecule has 1 N–H and O–H groups in total. The van der Waals surface area contributed by atoms with Gasteiger partial charge in [0.2, 0.25) is 5.91 Å². The molecule has 0 aromatic heterocycles. The molecule has 4 rings (SSSR count). The predicted molar refractivity (Wildman–Crippen MR) is 112 cm³/mol. The van der Waals surface area contributed by atoms with Crippen molar-refractivity contribution < 1.29 is 14.3 Å². The van der Waals surface area contributed by atoms with E-state index in [-0.39, 0.29) is 17.5 Å². The van der Waals surface area contributed by atoms with Crippen LogP contribution in [0.5, 0.6) is 5.75 Å². The van der Waals surface area contributed by atoms with Gasteiger partial charge in [0, 0.05) is 44.0 Å². The number of hydrogen-bond donors (Lipinski definition) is 1. The van der Waals surface area contributed by atoms with Crippen LogP contribution in [0.4, 0.5) is 10.5 Å². The Morgan fingerprint density at radius 1 is 1.07 bits per heavy atom. The number of carbonyl (C=O) groups is 2. The molecule has 3 aliphatic heterocycles. The van der Waals surface area contributed by atoms with E-state index in [4.69, 9.17) is 4.74 Å². The predicted octanol–water partition coefficient (Wildman–Crippen LogP) is 2.64. The Morgan fingerprint density at radius 2 is 1.83 bits per heavy atom. The molecule has 0 unspecified atom stereocenters. The lowest BCUT2D eigenvalue weighted by Gasteiger charge is -2.37. The number of fused-ring (bicyclic) bond motifs is 1. The fraction of sp³-hybridized carbons (Fsp3) is 0.636. The number of urea groups is 1. The van der Waals surface area contributed by atoms with E-state index >= 15 is 0 Å². The van der Waals surface area contributed by atoms with E-state index in [1.54, 1.807) is 7.11 Å². The summed E-state index contributed by atoms with van der Waals surface area (Å²) < 4.78 is 5.24. The molecule has 0 bridgehead atoms. The molecular formula is C22H32N4O3. The van der Waals surface area contributed by atoms with E-state index in [2.05, 4.69) is 22.2 Å². The zero-order chi connectivity index (χ0) is 20.4.